The molecule has 7 heteroatoms. The molecule has 0 saturated carbocycles. The van der Waals surface area contributed by atoms with Crippen LogP contribution in [0.1, 0.15) is 25.3 Å². The molecule has 0 atom stereocenters. The van der Waals surface area contributed by atoms with Gasteiger partial charge in [0, 0.05) is 6.54 Å². The minimum absolute atomic E-state index is 0. The highest BCUT2D eigenvalue weighted by Gasteiger charge is 2.28. The average Bonchev–Trinajstić information content (AvgIpc) is 2.46. The van der Waals surface area contributed by atoms with Crippen LogP contribution in [0.4, 0.5) is 0 Å². The molecule has 21 heavy (non-hydrogen) atoms. The number of sulfonamides is 1. The molecule has 0 bridgehead atoms. The molecule has 0 aromatic heterocycles. The van der Waals surface area contributed by atoms with Crippen LogP contribution in [0.15, 0.2) is 29.2 Å². The van der Waals surface area contributed by atoms with Crippen LogP contribution in [0.5, 0.6) is 0 Å². The van der Waals surface area contributed by atoms with E-state index in [1.165, 1.54) is 24.3 Å². The molecule has 1 saturated heterocycles. The van der Waals surface area contributed by atoms with Gasteiger partial charge < -0.3 is 5.32 Å². The number of nitrogens with zero attached hydrogens (tertiary/aromatic N) is 1. The fraction of sp³-hybridized carbons (Fsp3) is 0.500. The SMILES string of the molecule is CC1(CNS(=O)(=O)c2ccc(C#N)cc2)CCNCC1.Cl. The summed E-state index contributed by atoms with van der Waals surface area (Å²) in [5.74, 6) is 0. The summed E-state index contributed by atoms with van der Waals surface area (Å²) in [5, 5.41) is 12.0. The van der Waals surface area contributed by atoms with Crippen molar-refractivity contribution in [3.8, 4) is 6.07 Å². The molecule has 0 aliphatic carbocycles. The maximum Gasteiger partial charge on any atom is 0.240 e. The molecule has 1 heterocycles. The molecular weight excluding hydrogens is 310 g/mol. The molecule has 0 amide bonds. The monoisotopic (exact) mass is 329 g/mol. The molecule has 2 rings (SSSR count). The molecule has 1 aromatic rings. The van der Waals surface area contributed by atoms with Crippen molar-refractivity contribution in [1.29, 1.82) is 5.26 Å². The van der Waals surface area contributed by atoms with Gasteiger partial charge in [-0.3, -0.25) is 0 Å². The Hall–Kier alpha value is -1.13. The summed E-state index contributed by atoms with van der Waals surface area (Å²) in [6.45, 7) is 4.40. The minimum atomic E-state index is -3.50. The van der Waals surface area contributed by atoms with Crippen LogP contribution in [-0.4, -0.2) is 28.1 Å². The van der Waals surface area contributed by atoms with Crippen LogP contribution in [0.25, 0.3) is 0 Å². The van der Waals surface area contributed by atoms with Crippen molar-refractivity contribution in [2.75, 3.05) is 19.6 Å². The maximum atomic E-state index is 12.2. The molecule has 5 nitrogen and oxygen atoms in total. The van der Waals surface area contributed by atoms with Crippen LogP contribution in [-0.2, 0) is 10.0 Å². The van der Waals surface area contributed by atoms with Crippen molar-refractivity contribution in [3.05, 3.63) is 29.8 Å². The molecule has 2 N–H and O–H groups in total. The first kappa shape index (κ1) is 17.9. The van der Waals surface area contributed by atoms with Gasteiger partial charge in [0.15, 0.2) is 0 Å². The van der Waals surface area contributed by atoms with Crippen LogP contribution in [0, 0.1) is 16.7 Å². The highest BCUT2D eigenvalue weighted by molar-refractivity contribution is 7.89. The van der Waals surface area contributed by atoms with Crippen LogP contribution < -0.4 is 10.0 Å². The number of nitrogens with one attached hydrogen (secondary N) is 2. The summed E-state index contributed by atoms with van der Waals surface area (Å²) < 4.78 is 27.1. The smallest absolute Gasteiger partial charge is 0.240 e. The molecule has 116 valence electrons. The Balaban J connectivity index is 0.00000220. The van der Waals surface area contributed by atoms with E-state index in [2.05, 4.69) is 17.0 Å². The van der Waals surface area contributed by atoms with E-state index in [-0.39, 0.29) is 22.7 Å². The van der Waals surface area contributed by atoms with Gasteiger partial charge in [0.25, 0.3) is 0 Å². The van der Waals surface area contributed by atoms with Gasteiger partial charge in [-0.2, -0.15) is 5.26 Å². The highest BCUT2D eigenvalue weighted by Crippen LogP contribution is 2.27. The predicted octanol–water partition coefficient (Wildman–Crippen LogP) is 1.65. The number of nitriles is 1. The number of piperidine rings is 1. The van der Waals surface area contributed by atoms with Crippen molar-refractivity contribution < 1.29 is 8.42 Å². The van der Waals surface area contributed by atoms with E-state index in [0.29, 0.717) is 12.1 Å². The lowest BCUT2D eigenvalue weighted by atomic mass is 9.81. The lowest BCUT2D eigenvalue weighted by Crippen LogP contribution is -2.42. The van der Waals surface area contributed by atoms with Crippen LogP contribution in [0.3, 0.4) is 0 Å². The topological polar surface area (TPSA) is 82.0 Å². The Morgan fingerprint density at radius 3 is 2.38 bits per heavy atom. The van der Waals surface area contributed by atoms with Crippen LogP contribution >= 0.6 is 12.4 Å². The molecule has 1 aliphatic heterocycles. The summed E-state index contributed by atoms with van der Waals surface area (Å²) in [7, 11) is -3.50. The Labute approximate surface area is 132 Å². The van der Waals surface area contributed by atoms with Gasteiger partial charge in [-0.15, -0.1) is 12.4 Å². The first-order valence-electron chi connectivity index (χ1n) is 6.66. The first-order chi connectivity index (χ1) is 9.45. The second-order valence-electron chi connectivity index (χ2n) is 5.52. The van der Waals surface area contributed by atoms with Gasteiger partial charge in [-0.25, -0.2) is 13.1 Å². The van der Waals surface area contributed by atoms with E-state index in [1.54, 1.807) is 0 Å². The van der Waals surface area contributed by atoms with Gasteiger partial charge >= 0.3 is 0 Å². The van der Waals surface area contributed by atoms with E-state index >= 15 is 0 Å². The zero-order valence-corrected chi connectivity index (χ0v) is 13.6. The Morgan fingerprint density at radius 2 is 1.86 bits per heavy atom. The van der Waals surface area contributed by atoms with Crippen molar-refractivity contribution in [3.63, 3.8) is 0 Å². The van der Waals surface area contributed by atoms with Crippen LogP contribution in [0.2, 0.25) is 0 Å². The highest BCUT2D eigenvalue weighted by atomic mass is 35.5. The molecule has 0 spiro atoms. The maximum absolute atomic E-state index is 12.2. The fourth-order valence-electron chi connectivity index (χ4n) is 2.27. The molecule has 0 unspecified atom stereocenters. The van der Waals surface area contributed by atoms with Gasteiger partial charge in [-0.1, -0.05) is 6.92 Å². The third-order valence-corrected chi connectivity index (χ3v) is 5.21. The van der Waals surface area contributed by atoms with E-state index in [4.69, 9.17) is 5.26 Å². The Morgan fingerprint density at radius 1 is 1.29 bits per heavy atom. The van der Waals surface area contributed by atoms with E-state index in [9.17, 15) is 8.42 Å². The first-order valence-corrected chi connectivity index (χ1v) is 8.14. The van der Waals surface area contributed by atoms with Gasteiger partial charge in [0.1, 0.15) is 0 Å². The van der Waals surface area contributed by atoms with Gasteiger partial charge in [-0.05, 0) is 55.6 Å². The average molecular weight is 330 g/mol. The predicted molar refractivity (Wildman–Crippen MR) is 83.8 cm³/mol. The molecule has 1 fully saturated rings. The molecule has 0 radical (unpaired) electrons. The largest absolute Gasteiger partial charge is 0.317 e. The second kappa shape index (κ2) is 7.23. The Bertz CT molecular complexity index is 602. The summed E-state index contributed by atoms with van der Waals surface area (Å²) in [6.07, 6.45) is 1.92. The summed E-state index contributed by atoms with van der Waals surface area (Å²) in [4.78, 5) is 0.203. The molecular formula is C14H20ClN3O2S. The standard InChI is InChI=1S/C14H19N3O2S.ClH/c1-14(6-8-16-9-7-14)11-17-20(18,19)13-4-2-12(10-15)3-5-13;/h2-5,16-17H,6-9,11H2,1H3;1H. The van der Waals surface area contributed by atoms with Gasteiger partial charge in [0.05, 0.1) is 16.5 Å². The normalized spacial score (nSPS) is 17.5. The summed E-state index contributed by atoms with van der Waals surface area (Å²) in [5.41, 5.74) is 0.458. The zero-order valence-electron chi connectivity index (χ0n) is 11.9. The lowest BCUT2D eigenvalue weighted by Gasteiger charge is -2.34. The van der Waals surface area contributed by atoms with E-state index < -0.39 is 10.0 Å². The summed E-state index contributed by atoms with van der Waals surface area (Å²) >= 11 is 0. The van der Waals surface area contributed by atoms with E-state index in [1.807, 2.05) is 6.07 Å². The van der Waals surface area contributed by atoms with Crippen molar-refractivity contribution in [2.24, 2.45) is 5.41 Å². The Kier molecular flexibility index (Phi) is 6.17. The van der Waals surface area contributed by atoms with Crippen molar-refractivity contribution >= 4 is 22.4 Å². The number of hydrogen-bond acceptors (Lipinski definition) is 4. The molecule has 1 aromatic carbocycles. The van der Waals surface area contributed by atoms with Crippen molar-refractivity contribution in [1.82, 2.24) is 10.0 Å². The summed E-state index contributed by atoms with van der Waals surface area (Å²) in [6, 6.07) is 7.93. The number of halogens is 1. The third kappa shape index (κ3) is 4.68. The number of hydrogen-bond donors (Lipinski definition) is 2. The fourth-order valence-corrected chi connectivity index (χ4v) is 3.47. The zero-order chi connectivity index (χ0) is 14.6. The molecule has 1 aliphatic rings. The minimum Gasteiger partial charge on any atom is -0.317 e. The lowest BCUT2D eigenvalue weighted by molar-refractivity contribution is 0.232. The second-order valence-corrected chi connectivity index (χ2v) is 7.29. The van der Waals surface area contributed by atoms with E-state index in [0.717, 1.165) is 25.9 Å². The van der Waals surface area contributed by atoms with Crippen molar-refractivity contribution in [2.45, 2.75) is 24.7 Å². The third-order valence-electron chi connectivity index (χ3n) is 3.79. The number of rotatable bonds is 4. The quantitative estimate of drug-likeness (QED) is 0.880. The van der Waals surface area contributed by atoms with Gasteiger partial charge in [0.2, 0.25) is 10.0 Å². The number of benzene rings is 1.